The van der Waals surface area contributed by atoms with Gasteiger partial charge in [-0.3, -0.25) is 4.79 Å². The summed E-state index contributed by atoms with van der Waals surface area (Å²) in [6, 6.07) is 35.4. The summed E-state index contributed by atoms with van der Waals surface area (Å²) in [4.78, 5) is 16.0. The molecule has 6 heteroatoms. The van der Waals surface area contributed by atoms with Crippen LogP contribution in [-0.4, -0.2) is 34.2 Å². The minimum absolute atomic E-state index is 0.157. The van der Waals surface area contributed by atoms with Crippen molar-refractivity contribution in [3.63, 3.8) is 0 Å². The number of hydrogen-bond acceptors (Lipinski definition) is 3. The number of carbonyl (C=O) groups is 1. The number of halogens is 1. The molecule has 190 valence electrons. The minimum Gasteiger partial charge on any atom is -0.497 e. The lowest BCUT2D eigenvalue weighted by Crippen LogP contribution is -2.34. The summed E-state index contributed by atoms with van der Waals surface area (Å²) >= 11 is 0. The lowest BCUT2D eigenvalue weighted by atomic mass is 10.1. The third-order valence-corrected chi connectivity index (χ3v) is 6.38. The number of hydrogen-bond donors (Lipinski definition) is 0. The van der Waals surface area contributed by atoms with Crippen LogP contribution >= 0.6 is 0 Å². The van der Waals surface area contributed by atoms with Gasteiger partial charge in [0.15, 0.2) is 0 Å². The van der Waals surface area contributed by atoms with Gasteiger partial charge in [0, 0.05) is 18.7 Å². The summed E-state index contributed by atoms with van der Waals surface area (Å²) in [5.74, 6) is 0.186. The Morgan fingerprint density at radius 2 is 1.53 bits per heavy atom. The van der Waals surface area contributed by atoms with Gasteiger partial charge in [0.25, 0.3) is 5.91 Å². The van der Waals surface area contributed by atoms with Gasteiger partial charge in [-0.2, -0.15) is 5.10 Å². The van der Waals surface area contributed by atoms with Crippen molar-refractivity contribution in [1.82, 2.24) is 14.7 Å². The maximum Gasteiger partial charge on any atom is 0.272 e. The normalized spacial score (nSPS) is 10.8. The van der Waals surface area contributed by atoms with E-state index in [0.717, 1.165) is 16.7 Å². The Labute approximate surface area is 221 Å². The van der Waals surface area contributed by atoms with Gasteiger partial charge in [0.1, 0.15) is 17.3 Å². The van der Waals surface area contributed by atoms with E-state index < -0.39 is 0 Å². The van der Waals surface area contributed by atoms with Crippen molar-refractivity contribution in [2.24, 2.45) is 0 Å². The Hall–Kier alpha value is -4.71. The number of amides is 1. The first kappa shape index (κ1) is 25.0. The second-order valence-corrected chi connectivity index (χ2v) is 8.98. The van der Waals surface area contributed by atoms with Gasteiger partial charge < -0.3 is 9.64 Å². The number of methoxy groups -OCH3 is 1. The van der Waals surface area contributed by atoms with Crippen LogP contribution in [0.3, 0.4) is 0 Å². The number of nitrogens with zero attached hydrogens (tertiary/aromatic N) is 3. The zero-order valence-electron chi connectivity index (χ0n) is 21.1. The van der Waals surface area contributed by atoms with E-state index in [1.165, 1.54) is 12.1 Å². The van der Waals surface area contributed by atoms with Gasteiger partial charge in [-0.1, -0.05) is 72.8 Å². The van der Waals surface area contributed by atoms with Crippen molar-refractivity contribution in [3.05, 3.63) is 138 Å². The van der Waals surface area contributed by atoms with E-state index in [4.69, 9.17) is 9.84 Å². The molecule has 0 saturated carbocycles. The summed E-state index contributed by atoms with van der Waals surface area (Å²) in [5, 5.41) is 4.78. The van der Waals surface area contributed by atoms with Crippen molar-refractivity contribution in [1.29, 1.82) is 0 Å². The predicted octanol–water partition coefficient (Wildman–Crippen LogP) is 6.57. The van der Waals surface area contributed by atoms with Gasteiger partial charge in [0.2, 0.25) is 0 Å². The number of benzene rings is 4. The van der Waals surface area contributed by atoms with E-state index in [-0.39, 0.29) is 11.7 Å². The quantitative estimate of drug-likeness (QED) is 0.228. The first-order chi connectivity index (χ1) is 18.6. The van der Waals surface area contributed by atoms with Crippen LogP contribution in [0, 0.1) is 5.82 Å². The highest BCUT2D eigenvalue weighted by Gasteiger charge is 2.23. The topological polar surface area (TPSA) is 47.4 Å². The van der Waals surface area contributed by atoms with E-state index in [2.05, 4.69) is 12.1 Å². The average Bonchev–Trinajstić information content (AvgIpc) is 3.42. The molecular formula is C32H28FN3O2. The molecule has 0 saturated heterocycles. The summed E-state index contributed by atoms with van der Waals surface area (Å²) in [6.45, 7) is 0.983. The SMILES string of the molecule is COc1cccc(-c2cc(C(=O)N(CCc3ccccc3)Cc3ccccc3)n(-c3ccc(F)cc3)n2)c1. The largest absolute Gasteiger partial charge is 0.497 e. The van der Waals surface area contributed by atoms with Crippen LogP contribution in [0.5, 0.6) is 5.75 Å². The standard InChI is InChI=1S/C32H28FN3O2/c1-38-29-14-8-13-26(21-29)30-22-31(36(34-30)28-17-15-27(33)16-18-28)32(37)35(23-25-11-6-3-7-12-25)20-19-24-9-4-2-5-10-24/h2-18,21-22H,19-20,23H2,1H3. The van der Waals surface area contributed by atoms with Gasteiger partial charge in [-0.15, -0.1) is 0 Å². The molecule has 5 rings (SSSR count). The molecule has 0 aliphatic heterocycles. The lowest BCUT2D eigenvalue weighted by Gasteiger charge is -2.23. The fourth-order valence-corrected chi connectivity index (χ4v) is 4.36. The molecule has 1 heterocycles. The van der Waals surface area contributed by atoms with E-state index in [0.29, 0.717) is 42.3 Å². The van der Waals surface area contributed by atoms with E-state index in [9.17, 15) is 9.18 Å². The van der Waals surface area contributed by atoms with Crippen molar-refractivity contribution in [2.75, 3.05) is 13.7 Å². The molecule has 0 aliphatic rings. The maximum absolute atomic E-state index is 14.2. The molecule has 0 atom stereocenters. The van der Waals surface area contributed by atoms with Gasteiger partial charge in [-0.25, -0.2) is 9.07 Å². The summed E-state index contributed by atoms with van der Waals surface area (Å²) in [7, 11) is 1.61. The zero-order chi connectivity index (χ0) is 26.3. The Balaban J connectivity index is 1.55. The molecule has 0 radical (unpaired) electrons. The van der Waals surface area contributed by atoms with Crippen LogP contribution < -0.4 is 4.74 Å². The monoisotopic (exact) mass is 505 g/mol. The fraction of sp³-hybridized carbons (Fsp3) is 0.125. The van der Waals surface area contributed by atoms with E-state index >= 15 is 0 Å². The summed E-state index contributed by atoms with van der Waals surface area (Å²) in [5.41, 5.74) is 4.64. The van der Waals surface area contributed by atoms with Gasteiger partial charge in [-0.05, 0) is 60.0 Å². The van der Waals surface area contributed by atoms with Crippen molar-refractivity contribution in [2.45, 2.75) is 13.0 Å². The maximum atomic E-state index is 14.2. The Kier molecular flexibility index (Phi) is 7.59. The highest BCUT2D eigenvalue weighted by molar-refractivity contribution is 5.94. The molecular weight excluding hydrogens is 477 g/mol. The average molecular weight is 506 g/mol. The second-order valence-electron chi connectivity index (χ2n) is 8.98. The number of carbonyl (C=O) groups excluding carboxylic acids is 1. The highest BCUT2D eigenvalue weighted by Crippen LogP contribution is 2.26. The van der Waals surface area contributed by atoms with Crippen LogP contribution in [0.2, 0.25) is 0 Å². The molecule has 0 aliphatic carbocycles. The van der Waals surface area contributed by atoms with Gasteiger partial charge in [0.05, 0.1) is 18.5 Å². The molecule has 0 bridgehead atoms. The Morgan fingerprint density at radius 3 is 2.21 bits per heavy atom. The Morgan fingerprint density at radius 1 is 0.842 bits per heavy atom. The summed E-state index contributed by atoms with van der Waals surface area (Å²) < 4.78 is 20.7. The Bertz CT molecular complexity index is 1500. The van der Waals surface area contributed by atoms with Crippen LogP contribution in [0.15, 0.2) is 115 Å². The first-order valence-corrected chi connectivity index (χ1v) is 12.5. The first-order valence-electron chi connectivity index (χ1n) is 12.5. The molecule has 0 unspecified atom stereocenters. The van der Waals surface area contributed by atoms with Crippen LogP contribution in [0.4, 0.5) is 4.39 Å². The molecule has 0 N–H and O–H groups in total. The third-order valence-electron chi connectivity index (χ3n) is 6.38. The number of ether oxygens (including phenoxy) is 1. The van der Waals surface area contributed by atoms with E-state index in [1.807, 2.05) is 77.7 Å². The number of rotatable bonds is 9. The smallest absolute Gasteiger partial charge is 0.272 e. The number of aromatic nitrogens is 2. The van der Waals surface area contributed by atoms with Gasteiger partial charge >= 0.3 is 0 Å². The lowest BCUT2D eigenvalue weighted by molar-refractivity contribution is 0.0736. The molecule has 1 amide bonds. The molecule has 4 aromatic carbocycles. The van der Waals surface area contributed by atoms with E-state index in [1.54, 1.807) is 30.0 Å². The molecule has 1 aromatic heterocycles. The molecule has 5 aromatic rings. The third kappa shape index (κ3) is 5.81. The van der Waals surface area contributed by atoms with Crippen molar-refractivity contribution < 1.29 is 13.9 Å². The van der Waals surface area contributed by atoms with Crippen LogP contribution in [-0.2, 0) is 13.0 Å². The highest BCUT2D eigenvalue weighted by atomic mass is 19.1. The molecule has 5 nitrogen and oxygen atoms in total. The minimum atomic E-state index is -0.352. The molecule has 38 heavy (non-hydrogen) atoms. The second kappa shape index (κ2) is 11.6. The van der Waals surface area contributed by atoms with Crippen LogP contribution in [0.1, 0.15) is 21.6 Å². The fourth-order valence-electron chi connectivity index (χ4n) is 4.36. The van der Waals surface area contributed by atoms with Crippen LogP contribution in [0.25, 0.3) is 16.9 Å². The zero-order valence-corrected chi connectivity index (χ0v) is 21.1. The summed E-state index contributed by atoms with van der Waals surface area (Å²) in [6.07, 6.45) is 0.715. The predicted molar refractivity (Wildman–Crippen MR) is 147 cm³/mol. The molecule has 0 spiro atoms. The molecule has 0 fully saturated rings. The van der Waals surface area contributed by atoms with Crippen molar-refractivity contribution >= 4 is 5.91 Å². The van der Waals surface area contributed by atoms with Crippen molar-refractivity contribution in [3.8, 4) is 22.7 Å².